The Labute approximate surface area is 103 Å². The van der Waals surface area contributed by atoms with Crippen LogP contribution < -0.4 is 0 Å². The molecule has 0 spiro atoms. The van der Waals surface area contributed by atoms with Crippen LogP contribution in [0.3, 0.4) is 0 Å². The lowest BCUT2D eigenvalue weighted by atomic mass is 9.76. The molecule has 2 unspecified atom stereocenters. The summed E-state index contributed by atoms with van der Waals surface area (Å²) < 4.78 is 0. The molecule has 0 heterocycles. The lowest BCUT2D eigenvalue weighted by Gasteiger charge is -2.32. The molecule has 17 heavy (non-hydrogen) atoms. The molecule has 2 atom stereocenters. The van der Waals surface area contributed by atoms with E-state index in [1.54, 1.807) is 0 Å². The summed E-state index contributed by atoms with van der Waals surface area (Å²) in [4.78, 5) is 0. The summed E-state index contributed by atoms with van der Waals surface area (Å²) in [6, 6.07) is 9.69. The fourth-order valence-corrected chi connectivity index (χ4v) is 2.23. The van der Waals surface area contributed by atoms with Crippen molar-refractivity contribution in [2.75, 3.05) is 0 Å². The normalized spacial score (nSPS) is 27.6. The van der Waals surface area contributed by atoms with Crippen molar-refractivity contribution in [3.8, 4) is 24.2 Å². The van der Waals surface area contributed by atoms with Crippen molar-refractivity contribution in [1.29, 1.82) is 0 Å². The first-order valence-electron chi connectivity index (χ1n) is 6.01. The van der Waals surface area contributed by atoms with Gasteiger partial charge in [0, 0.05) is 5.56 Å². The smallest absolute Gasteiger partial charge is 0.139 e. The van der Waals surface area contributed by atoms with E-state index in [1.165, 1.54) is 0 Å². The van der Waals surface area contributed by atoms with Crippen LogP contribution in [0.5, 0.6) is 0 Å². The van der Waals surface area contributed by atoms with Crippen molar-refractivity contribution < 1.29 is 5.11 Å². The molecule has 86 valence electrons. The molecule has 0 bridgehead atoms. The average molecular weight is 224 g/mol. The molecule has 1 fully saturated rings. The second kappa shape index (κ2) is 5.09. The average Bonchev–Trinajstić information content (AvgIpc) is 2.38. The molecule has 1 aromatic carbocycles. The zero-order valence-corrected chi connectivity index (χ0v) is 9.82. The first-order valence-corrected chi connectivity index (χ1v) is 6.01. The molecule has 0 amide bonds. The largest absolute Gasteiger partial charge is 0.376 e. The van der Waals surface area contributed by atoms with Gasteiger partial charge in [-0.25, -0.2) is 0 Å². The molecule has 1 aliphatic carbocycles. The summed E-state index contributed by atoms with van der Waals surface area (Å²) in [5, 5.41) is 10.5. The second-order valence-electron chi connectivity index (χ2n) is 4.51. The number of terminal acetylenes is 1. The highest BCUT2D eigenvalue weighted by Crippen LogP contribution is 2.32. The third-order valence-electron chi connectivity index (χ3n) is 3.28. The van der Waals surface area contributed by atoms with Crippen LogP contribution in [-0.2, 0) is 0 Å². The van der Waals surface area contributed by atoms with E-state index in [2.05, 4.69) is 17.8 Å². The van der Waals surface area contributed by atoms with Crippen LogP contribution in [0.1, 0.15) is 31.2 Å². The van der Waals surface area contributed by atoms with Gasteiger partial charge in [0.25, 0.3) is 0 Å². The minimum atomic E-state index is -0.997. The SMILES string of the molecule is C#CC1CCCCC1(O)C#Cc1ccccc1. The summed E-state index contributed by atoms with van der Waals surface area (Å²) >= 11 is 0. The zero-order valence-electron chi connectivity index (χ0n) is 9.82. The van der Waals surface area contributed by atoms with E-state index in [-0.39, 0.29) is 5.92 Å². The van der Waals surface area contributed by atoms with Gasteiger partial charge < -0.3 is 5.11 Å². The Morgan fingerprint density at radius 2 is 2.00 bits per heavy atom. The van der Waals surface area contributed by atoms with Gasteiger partial charge in [0.2, 0.25) is 0 Å². The quantitative estimate of drug-likeness (QED) is 0.672. The molecule has 1 aromatic rings. The van der Waals surface area contributed by atoms with Crippen molar-refractivity contribution in [2.45, 2.75) is 31.3 Å². The zero-order chi connectivity index (χ0) is 12.1. The fraction of sp³-hybridized carbons (Fsp3) is 0.375. The van der Waals surface area contributed by atoms with E-state index in [4.69, 9.17) is 6.42 Å². The van der Waals surface area contributed by atoms with E-state index in [0.29, 0.717) is 6.42 Å². The highest BCUT2D eigenvalue weighted by atomic mass is 16.3. The number of aliphatic hydroxyl groups is 1. The number of benzene rings is 1. The molecule has 0 aliphatic heterocycles. The first kappa shape index (κ1) is 11.8. The number of hydrogen-bond acceptors (Lipinski definition) is 1. The standard InChI is InChI=1S/C16H16O/c1-2-15-10-6-7-12-16(15,17)13-11-14-8-4-3-5-9-14/h1,3-5,8-9,15,17H,6-7,10,12H2. The van der Waals surface area contributed by atoms with E-state index >= 15 is 0 Å². The first-order chi connectivity index (χ1) is 8.24. The molecule has 1 saturated carbocycles. The summed E-state index contributed by atoms with van der Waals surface area (Å²) in [7, 11) is 0. The predicted molar refractivity (Wildman–Crippen MR) is 69.1 cm³/mol. The molecule has 1 nitrogen and oxygen atoms in total. The molecule has 0 aromatic heterocycles. The topological polar surface area (TPSA) is 20.2 Å². The minimum absolute atomic E-state index is 0.132. The highest BCUT2D eigenvalue weighted by Gasteiger charge is 2.36. The Morgan fingerprint density at radius 3 is 2.71 bits per heavy atom. The maximum atomic E-state index is 10.5. The Morgan fingerprint density at radius 1 is 1.24 bits per heavy atom. The fourth-order valence-electron chi connectivity index (χ4n) is 2.23. The van der Waals surface area contributed by atoms with E-state index in [1.807, 2.05) is 30.3 Å². The van der Waals surface area contributed by atoms with Crippen molar-refractivity contribution in [2.24, 2.45) is 5.92 Å². The van der Waals surface area contributed by atoms with Gasteiger partial charge in [-0.1, -0.05) is 42.4 Å². The summed E-state index contributed by atoms with van der Waals surface area (Å²) in [5.41, 5.74) is -0.0784. The maximum absolute atomic E-state index is 10.5. The van der Waals surface area contributed by atoms with Gasteiger partial charge in [0.15, 0.2) is 0 Å². The van der Waals surface area contributed by atoms with Crippen molar-refractivity contribution in [1.82, 2.24) is 0 Å². The molecular weight excluding hydrogens is 208 g/mol. The van der Waals surface area contributed by atoms with E-state index < -0.39 is 5.60 Å². The third kappa shape index (κ3) is 2.70. The van der Waals surface area contributed by atoms with Crippen LogP contribution in [0.2, 0.25) is 0 Å². The van der Waals surface area contributed by atoms with Crippen LogP contribution in [0.4, 0.5) is 0 Å². The Balaban J connectivity index is 2.22. The molecule has 1 aliphatic rings. The van der Waals surface area contributed by atoms with Crippen LogP contribution in [-0.4, -0.2) is 10.7 Å². The van der Waals surface area contributed by atoms with Gasteiger partial charge in [-0.15, -0.1) is 6.42 Å². The molecule has 0 saturated heterocycles. The van der Waals surface area contributed by atoms with Gasteiger partial charge >= 0.3 is 0 Å². The van der Waals surface area contributed by atoms with Crippen LogP contribution in [0, 0.1) is 30.1 Å². The van der Waals surface area contributed by atoms with Crippen molar-refractivity contribution >= 4 is 0 Å². The van der Waals surface area contributed by atoms with Gasteiger partial charge in [-0.3, -0.25) is 0 Å². The monoisotopic (exact) mass is 224 g/mol. The van der Waals surface area contributed by atoms with E-state index in [9.17, 15) is 5.11 Å². The van der Waals surface area contributed by atoms with Crippen LogP contribution in [0.25, 0.3) is 0 Å². The van der Waals surface area contributed by atoms with Gasteiger partial charge in [-0.05, 0) is 31.4 Å². The molecular formula is C16H16O. The third-order valence-corrected chi connectivity index (χ3v) is 3.28. The predicted octanol–water partition coefficient (Wildman–Crippen LogP) is 2.59. The van der Waals surface area contributed by atoms with Crippen molar-refractivity contribution in [3.63, 3.8) is 0 Å². The number of hydrogen-bond donors (Lipinski definition) is 1. The molecule has 0 radical (unpaired) electrons. The van der Waals surface area contributed by atoms with Gasteiger partial charge in [0.05, 0.1) is 5.92 Å². The molecule has 2 rings (SSSR count). The van der Waals surface area contributed by atoms with Gasteiger partial charge in [-0.2, -0.15) is 0 Å². The second-order valence-corrected chi connectivity index (χ2v) is 4.51. The minimum Gasteiger partial charge on any atom is -0.376 e. The number of rotatable bonds is 0. The van der Waals surface area contributed by atoms with E-state index in [0.717, 1.165) is 24.8 Å². The lowest BCUT2D eigenvalue weighted by molar-refractivity contribution is 0.0290. The molecule has 1 heteroatoms. The summed E-state index contributed by atoms with van der Waals surface area (Å²) in [6.45, 7) is 0. The van der Waals surface area contributed by atoms with Crippen LogP contribution >= 0.6 is 0 Å². The molecule has 1 N–H and O–H groups in total. The Hall–Kier alpha value is -1.70. The Bertz CT molecular complexity index is 472. The maximum Gasteiger partial charge on any atom is 0.139 e. The lowest BCUT2D eigenvalue weighted by Crippen LogP contribution is -2.38. The van der Waals surface area contributed by atoms with Crippen molar-refractivity contribution in [3.05, 3.63) is 35.9 Å². The summed E-state index contributed by atoms with van der Waals surface area (Å²) in [5.74, 6) is 8.55. The van der Waals surface area contributed by atoms with Crippen LogP contribution in [0.15, 0.2) is 30.3 Å². The highest BCUT2D eigenvalue weighted by molar-refractivity contribution is 5.37. The van der Waals surface area contributed by atoms with Gasteiger partial charge in [0.1, 0.15) is 5.60 Å². The summed E-state index contributed by atoms with van der Waals surface area (Å²) in [6.07, 6.45) is 9.11. The Kier molecular flexibility index (Phi) is 3.52.